The Balaban J connectivity index is 2.28. The monoisotopic (exact) mass is 293 g/mol. The van der Waals surface area contributed by atoms with Crippen LogP contribution in [-0.4, -0.2) is 14.2 Å². The highest BCUT2D eigenvalue weighted by atomic mass is 16.5. The molecule has 0 saturated carbocycles. The van der Waals surface area contributed by atoms with Gasteiger partial charge in [-0.15, -0.1) is 0 Å². The summed E-state index contributed by atoms with van der Waals surface area (Å²) in [6.45, 7) is 0.431. The molecule has 0 unspecified atom stereocenters. The summed E-state index contributed by atoms with van der Waals surface area (Å²) in [5, 5.41) is 21.5. The van der Waals surface area contributed by atoms with E-state index in [1.165, 1.54) is 0 Å². The van der Waals surface area contributed by atoms with Crippen LogP contribution in [0, 0.1) is 22.7 Å². The van der Waals surface area contributed by atoms with Gasteiger partial charge in [0, 0.05) is 18.2 Å². The van der Waals surface area contributed by atoms with Gasteiger partial charge in [-0.2, -0.15) is 10.5 Å². The van der Waals surface area contributed by atoms with E-state index in [0.29, 0.717) is 34.9 Å². The predicted octanol–water partition coefficient (Wildman–Crippen LogP) is 3.06. The molecule has 0 radical (unpaired) electrons. The Morgan fingerprint density at radius 3 is 2.23 bits per heavy atom. The molecule has 0 amide bonds. The molecule has 2 aromatic rings. The maximum atomic E-state index is 9.16. The number of para-hydroxylation sites is 1. The zero-order chi connectivity index (χ0) is 15.9. The van der Waals surface area contributed by atoms with Crippen molar-refractivity contribution in [2.45, 2.75) is 6.54 Å². The second-order valence-electron chi connectivity index (χ2n) is 4.48. The predicted molar refractivity (Wildman–Crippen MR) is 82.7 cm³/mol. The van der Waals surface area contributed by atoms with Crippen molar-refractivity contribution in [1.82, 2.24) is 0 Å². The van der Waals surface area contributed by atoms with E-state index in [9.17, 15) is 0 Å². The Morgan fingerprint density at radius 1 is 1.00 bits per heavy atom. The van der Waals surface area contributed by atoms with Gasteiger partial charge >= 0.3 is 0 Å². The highest BCUT2D eigenvalue weighted by molar-refractivity contribution is 5.66. The smallest absolute Gasteiger partial charge is 0.127 e. The molecule has 0 aliphatic heterocycles. The van der Waals surface area contributed by atoms with E-state index in [-0.39, 0.29) is 0 Å². The number of methoxy groups -OCH3 is 2. The number of ether oxygens (including phenoxy) is 2. The average Bonchev–Trinajstić information content (AvgIpc) is 2.59. The van der Waals surface area contributed by atoms with Gasteiger partial charge in [0.25, 0.3) is 0 Å². The van der Waals surface area contributed by atoms with E-state index >= 15 is 0 Å². The fourth-order valence-electron chi connectivity index (χ4n) is 2.11. The first-order valence-electron chi connectivity index (χ1n) is 6.61. The Kier molecular flexibility index (Phi) is 4.85. The van der Waals surface area contributed by atoms with Crippen LogP contribution in [0.15, 0.2) is 36.4 Å². The third-order valence-corrected chi connectivity index (χ3v) is 3.26. The van der Waals surface area contributed by atoms with Crippen LogP contribution in [0.5, 0.6) is 11.5 Å². The van der Waals surface area contributed by atoms with Gasteiger partial charge in [0.15, 0.2) is 0 Å². The number of hydrogen-bond acceptors (Lipinski definition) is 5. The zero-order valence-corrected chi connectivity index (χ0v) is 12.4. The number of nitrogens with zero attached hydrogens (tertiary/aromatic N) is 2. The van der Waals surface area contributed by atoms with Crippen LogP contribution in [0.2, 0.25) is 0 Å². The Labute approximate surface area is 129 Å². The number of nitrogens with one attached hydrogen (secondary N) is 1. The van der Waals surface area contributed by atoms with Crippen molar-refractivity contribution in [2.24, 2.45) is 0 Å². The lowest BCUT2D eigenvalue weighted by Crippen LogP contribution is -2.05. The average molecular weight is 293 g/mol. The van der Waals surface area contributed by atoms with Crippen LogP contribution in [0.3, 0.4) is 0 Å². The molecule has 0 saturated heterocycles. The number of nitriles is 2. The number of hydrogen-bond donors (Lipinski definition) is 1. The van der Waals surface area contributed by atoms with E-state index in [0.717, 1.165) is 5.56 Å². The summed E-state index contributed by atoms with van der Waals surface area (Å²) in [6, 6.07) is 14.7. The molecule has 0 heterocycles. The Bertz CT molecular complexity index is 725. The summed E-state index contributed by atoms with van der Waals surface area (Å²) in [5.74, 6) is 1.38. The van der Waals surface area contributed by atoms with Gasteiger partial charge in [0.1, 0.15) is 23.6 Å². The fourth-order valence-corrected chi connectivity index (χ4v) is 2.11. The van der Waals surface area contributed by atoms with E-state index in [2.05, 4.69) is 17.5 Å². The molecule has 0 aliphatic rings. The molecular formula is C17H15N3O2. The van der Waals surface area contributed by atoms with E-state index in [1.54, 1.807) is 38.5 Å². The zero-order valence-electron chi connectivity index (χ0n) is 12.4. The van der Waals surface area contributed by atoms with Gasteiger partial charge < -0.3 is 14.8 Å². The highest BCUT2D eigenvalue weighted by Gasteiger charge is 2.10. The van der Waals surface area contributed by atoms with Crippen molar-refractivity contribution >= 4 is 5.69 Å². The van der Waals surface area contributed by atoms with Gasteiger partial charge in [0.2, 0.25) is 0 Å². The highest BCUT2D eigenvalue weighted by Crippen LogP contribution is 2.27. The minimum Gasteiger partial charge on any atom is -0.497 e. The van der Waals surface area contributed by atoms with Crippen molar-refractivity contribution in [2.75, 3.05) is 19.5 Å². The van der Waals surface area contributed by atoms with E-state index < -0.39 is 0 Å². The third-order valence-electron chi connectivity index (χ3n) is 3.26. The largest absolute Gasteiger partial charge is 0.497 e. The SMILES string of the molecule is COc1ccc(CNc2c(C#N)cccc2C#N)c(OC)c1. The summed E-state index contributed by atoms with van der Waals surface area (Å²) >= 11 is 0. The number of rotatable bonds is 5. The molecule has 1 N–H and O–H groups in total. The number of benzene rings is 2. The standard InChI is InChI=1S/C17H15N3O2/c1-21-15-7-6-14(16(8-15)22-2)11-20-17-12(9-18)4-3-5-13(17)10-19/h3-8,20H,11H2,1-2H3. The van der Waals surface area contributed by atoms with Gasteiger partial charge in [-0.3, -0.25) is 0 Å². The maximum absolute atomic E-state index is 9.16. The first-order valence-corrected chi connectivity index (χ1v) is 6.61. The van der Waals surface area contributed by atoms with Crippen molar-refractivity contribution in [3.05, 3.63) is 53.1 Å². The van der Waals surface area contributed by atoms with Crippen molar-refractivity contribution in [3.63, 3.8) is 0 Å². The molecule has 0 aromatic heterocycles. The van der Waals surface area contributed by atoms with Crippen LogP contribution >= 0.6 is 0 Å². The topological polar surface area (TPSA) is 78.1 Å². The van der Waals surface area contributed by atoms with Crippen LogP contribution in [-0.2, 0) is 6.54 Å². The van der Waals surface area contributed by atoms with Crippen LogP contribution < -0.4 is 14.8 Å². The Morgan fingerprint density at radius 2 is 1.68 bits per heavy atom. The molecule has 5 nitrogen and oxygen atoms in total. The minimum absolute atomic E-state index is 0.431. The molecular weight excluding hydrogens is 278 g/mol. The van der Waals surface area contributed by atoms with Crippen molar-refractivity contribution in [3.8, 4) is 23.6 Å². The second-order valence-corrected chi connectivity index (χ2v) is 4.48. The molecule has 0 fully saturated rings. The van der Waals surface area contributed by atoms with Crippen molar-refractivity contribution < 1.29 is 9.47 Å². The lowest BCUT2D eigenvalue weighted by molar-refractivity contribution is 0.391. The first-order chi connectivity index (χ1) is 10.7. The molecule has 2 aromatic carbocycles. The fraction of sp³-hybridized carbons (Fsp3) is 0.176. The summed E-state index contributed by atoms with van der Waals surface area (Å²) < 4.78 is 10.5. The molecule has 0 spiro atoms. The Hall–Kier alpha value is -3.18. The van der Waals surface area contributed by atoms with Gasteiger partial charge in [0.05, 0.1) is 31.0 Å². The maximum Gasteiger partial charge on any atom is 0.127 e. The van der Waals surface area contributed by atoms with E-state index in [4.69, 9.17) is 20.0 Å². The van der Waals surface area contributed by atoms with E-state index in [1.807, 2.05) is 12.1 Å². The summed E-state index contributed by atoms with van der Waals surface area (Å²) in [7, 11) is 3.18. The molecule has 22 heavy (non-hydrogen) atoms. The van der Waals surface area contributed by atoms with Crippen molar-refractivity contribution in [1.29, 1.82) is 10.5 Å². The third kappa shape index (κ3) is 3.11. The quantitative estimate of drug-likeness (QED) is 0.916. The lowest BCUT2D eigenvalue weighted by atomic mass is 10.1. The number of anilines is 1. The molecule has 0 bridgehead atoms. The summed E-state index contributed by atoms with van der Waals surface area (Å²) in [6.07, 6.45) is 0. The van der Waals surface area contributed by atoms with Crippen LogP contribution in [0.1, 0.15) is 16.7 Å². The summed E-state index contributed by atoms with van der Waals surface area (Å²) in [5.41, 5.74) is 2.31. The minimum atomic E-state index is 0.431. The van der Waals surface area contributed by atoms with Crippen LogP contribution in [0.25, 0.3) is 0 Å². The van der Waals surface area contributed by atoms with Gasteiger partial charge in [-0.1, -0.05) is 6.07 Å². The van der Waals surface area contributed by atoms with Gasteiger partial charge in [-0.05, 0) is 24.3 Å². The van der Waals surface area contributed by atoms with Gasteiger partial charge in [-0.25, -0.2) is 0 Å². The molecule has 0 aliphatic carbocycles. The molecule has 5 heteroatoms. The summed E-state index contributed by atoms with van der Waals surface area (Å²) in [4.78, 5) is 0. The molecule has 110 valence electrons. The molecule has 0 atom stereocenters. The molecule has 2 rings (SSSR count). The first kappa shape index (κ1) is 15.2. The second kappa shape index (κ2) is 7.01. The van der Waals surface area contributed by atoms with Crippen LogP contribution in [0.4, 0.5) is 5.69 Å². The normalized spacial score (nSPS) is 9.45. The lowest BCUT2D eigenvalue weighted by Gasteiger charge is -2.13.